The molecule has 2 aromatic heterocycles. The van der Waals surface area contributed by atoms with E-state index in [1.165, 1.54) is 6.08 Å². The number of carboxylic acids is 1. The van der Waals surface area contributed by atoms with Crippen LogP contribution in [0.3, 0.4) is 0 Å². The van der Waals surface area contributed by atoms with Gasteiger partial charge in [-0.15, -0.1) is 10.2 Å². The van der Waals surface area contributed by atoms with Gasteiger partial charge in [-0.3, -0.25) is 0 Å². The minimum atomic E-state index is -1.07. The average molecular weight is 581 g/mol. The first-order valence-corrected chi connectivity index (χ1v) is 10.7. The Bertz CT molecular complexity index is 998. The Hall–Kier alpha value is -1.30. The standard InChI is InChI=1S/C17H12BrClIN3O3S/c1-2-23-15(9-3-5-10(19)6-4-9)21-22-17(23)27-13(16(24)25)8-11-7-12(18)14(20)26-11/h3-8H,2H2,1H3,(H,24,25)/b13-8-. The van der Waals surface area contributed by atoms with Gasteiger partial charge in [-0.2, -0.15) is 0 Å². The van der Waals surface area contributed by atoms with Crippen molar-refractivity contribution in [3.05, 3.63) is 54.3 Å². The molecule has 0 radical (unpaired) electrons. The first-order chi connectivity index (χ1) is 12.9. The van der Waals surface area contributed by atoms with Gasteiger partial charge in [-0.05, 0) is 64.9 Å². The Morgan fingerprint density at radius 1 is 1.41 bits per heavy atom. The zero-order valence-corrected chi connectivity index (χ0v) is 19.1. The van der Waals surface area contributed by atoms with Gasteiger partial charge < -0.3 is 14.1 Å². The van der Waals surface area contributed by atoms with Crippen molar-refractivity contribution in [1.82, 2.24) is 14.8 Å². The molecule has 3 aromatic rings. The molecule has 140 valence electrons. The number of thioether (sulfide) groups is 1. The van der Waals surface area contributed by atoms with Gasteiger partial charge in [0, 0.05) is 45.8 Å². The molecule has 0 fully saturated rings. The molecule has 0 aliphatic rings. The largest absolute Gasteiger partial charge is 0.477 e. The van der Waals surface area contributed by atoms with E-state index in [0.717, 1.165) is 21.8 Å². The molecule has 3 rings (SSSR count). The maximum atomic E-state index is 11.7. The molecule has 0 bridgehead atoms. The molecule has 0 aliphatic heterocycles. The van der Waals surface area contributed by atoms with Gasteiger partial charge in [0.25, 0.3) is 0 Å². The predicted molar refractivity (Wildman–Crippen MR) is 117 cm³/mol. The molecule has 2 heterocycles. The number of rotatable bonds is 6. The molecule has 0 saturated carbocycles. The Morgan fingerprint density at radius 3 is 2.67 bits per heavy atom. The van der Waals surface area contributed by atoms with E-state index in [4.69, 9.17) is 16.0 Å². The number of benzene rings is 1. The summed E-state index contributed by atoms with van der Waals surface area (Å²) < 4.78 is 8.78. The van der Waals surface area contributed by atoms with Crippen LogP contribution in [0.25, 0.3) is 17.5 Å². The van der Waals surface area contributed by atoms with Crippen LogP contribution >= 0.6 is 61.9 Å². The Labute approximate surface area is 186 Å². The quantitative estimate of drug-likeness (QED) is 0.226. The van der Waals surface area contributed by atoms with Crippen LogP contribution in [0.15, 0.2) is 49.3 Å². The van der Waals surface area contributed by atoms with E-state index in [-0.39, 0.29) is 4.91 Å². The predicted octanol–water partition coefficient (Wildman–Crippen LogP) is 5.80. The second-order valence-corrected chi connectivity index (χ2v) is 8.52. The number of nitrogens with zero attached hydrogens (tertiary/aromatic N) is 3. The second-order valence-electron chi connectivity index (χ2n) is 5.24. The highest BCUT2D eigenvalue weighted by molar-refractivity contribution is 14.1. The molecule has 1 aromatic carbocycles. The molecule has 0 aliphatic carbocycles. The molecule has 0 amide bonds. The highest BCUT2D eigenvalue weighted by Crippen LogP contribution is 2.32. The monoisotopic (exact) mass is 579 g/mol. The maximum Gasteiger partial charge on any atom is 0.342 e. The number of halogens is 3. The Balaban J connectivity index is 1.95. The van der Waals surface area contributed by atoms with Gasteiger partial charge in [0.1, 0.15) is 10.7 Å². The van der Waals surface area contributed by atoms with Crippen LogP contribution in [0, 0.1) is 3.77 Å². The maximum absolute atomic E-state index is 11.7. The van der Waals surface area contributed by atoms with Crippen LogP contribution in [0.5, 0.6) is 0 Å². The molecule has 0 saturated heterocycles. The smallest absolute Gasteiger partial charge is 0.342 e. The summed E-state index contributed by atoms with van der Waals surface area (Å²) in [5.41, 5.74) is 0.853. The van der Waals surface area contributed by atoms with E-state index in [2.05, 4.69) is 26.1 Å². The summed E-state index contributed by atoms with van der Waals surface area (Å²) in [5, 5.41) is 19.1. The fourth-order valence-electron chi connectivity index (χ4n) is 2.26. The average Bonchev–Trinajstić information content (AvgIpc) is 3.17. The SMILES string of the molecule is CCn1c(S/C(=C\c2cc(Br)c(I)o2)C(=O)O)nnc1-c1ccc(Cl)cc1. The third kappa shape index (κ3) is 4.76. The minimum Gasteiger partial charge on any atom is -0.477 e. The van der Waals surface area contributed by atoms with Gasteiger partial charge in [0.15, 0.2) is 14.7 Å². The van der Waals surface area contributed by atoms with Crippen LogP contribution in [0.1, 0.15) is 12.7 Å². The topological polar surface area (TPSA) is 81.2 Å². The summed E-state index contributed by atoms with van der Waals surface area (Å²) in [6.45, 7) is 2.54. The van der Waals surface area contributed by atoms with E-state index in [1.54, 1.807) is 18.2 Å². The number of aliphatic carboxylic acids is 1. The van der Waals surface area contributed by atoms with Crippen molar-refractivity contribution in [3.63, 3.8) is 0 Å². The zero-order valence-electron chi connectivity index (χ0n) is 13.8. The van der Waals surface area contributed by atoms with Gasteiger partial charge in [-0.1, -0.05) is 11.6 Å². The number of aromatic nitrogens is 3. The lowest BCUT2D eigenvalue weighted by molar-refractivity contribution is -0.131. The van der Waals surface area contributed by atoms with Crippen LogP contribution < -0.4 is 0 Å². The number of hydrogen-bond acceptors (Lipinski definition) is 5. The first kappa shape index (κ1) is 20.4. The first-order valence-electron chi connectivity index (χ1n) is 7.66. The molecule has 0 unspecified atom stereocenters. The zero-order chi connectivity index (χ0) is 19.6. The van der Waals surface area contributed by atoms with Crippen molar-refractivity contribution >= 4 is 73.9 Å². The van der Waals surface area contributed by atoms with Crippen LogP contribution in [0.2, 0.25) is 5.02 Å². The molecule has 10 heteroatoms. The highest BCUT2D eigenvalue weighted by atomic mass is 127. The highest BCUT2D eigenvalue weighted by Gasteiger charge is 2.19. The van der Waals surface area contributed by atoms with E-state index >= 15 is 0 Å². The summed E-state index contributed by atoms with van der Waals surface area (Å²) in [6.07, 6.45) is 1.47. The van der Waals surface area contributed by atoms with E-state index in [1.807, 2.05) is 46.2 Å². The summed E-state index contributed by atoms with van der Waals surface area (Å²) in [5.74, 6) is 0.0228. The Kier molecular flexibility index (Phi) is 6.66. The van der Waals surface area contributed by atoms with Crippen LogP contribution in [-0.2, 0) is 11.3 Å². The lowest BCUT2D eigenvalue weighted by Gasteiger charge is -2.07. The second kappa shape index (κ2) is 8.80. The molecule has 6 nitrogen and oxygen atoms in total. The molecule has 1 N–H and O–H groups in total. The lowest BCUT2D eigenvalue weighted by atomic mass is 10.2. The van der Waals surface area contributed by atoms with Crippen molar-refractivity contribution in [3.8, 4) is 11.4 Å². The molecular formula is C17H12BrClIN3O3S. The fourth-order valence-corrected chi connectivity index (χ4v) is 3.97. The number of hydrogen-bond donors (Lipinski definition) is 1. The number of carboxylic acid groups (broad SMARTS) is 1. The summed E-state index contributed by atoms with van der Waals surface area (Å²) >= 11 is 12.3. The van der Waals surface area contributed by atoms with Gasteiger partial charge in [0.2, 0.25) is 0 Å². The van der Waals surface area contributed by atoms with Crippen molar-refractivity contribution in [2.24, 2.45) is 0 Å². The summed E-state index contributed by atoms with van der Waals surface area (Å²) in [6, 6.07) is 8.97. The van der Waals surface area contributed by atoms with Gasteiger partial charge in [0.05, 0.1) is 4.47 Å². The van der Waals surface area contributed by atoms with Crippen molar-refractivity contribution in [1.29, 1.82) is 0 Å². The Morgan fingerprint density at radius 2 is 2.11 bits per heavy atom. The van der Waals surface area contributed by atoms with Gasteiger partial charge >= 0.3 is 5.97 Å². The number of carbonyl (C=O) groups is 1. The third-order valence-electron chi connectivity index (χ3n) is 3.49. The molecule has 0 atom stereocenters. The van der Waals surface area contributed by atoms with Crippen molar-refractivity contribution < 1.29 is 14.3 Å². The normalized spacial score (nSPS) is 11.8. The van der Waals surface area contributed by atoms with E-state index in [0.29, 0.717) is 32.1 Å². The molecular weight excluding hydrogens is 569 g/mol. The lowest BCUT2D eigenvalue weighted by Crippen LogP contribution is -2.02. The van der Waals surface area contributed by atoms with E-state index in [9.17, 15) is 9.90 Å². The van der Waals surface area contributed by atoms with Gasteiger partial charge in [-0.25, -0.2) is 4.79 Å². The van der Waals surface area contributed by atoms with Crippen LogP contribution in [-0.4, -0.2) is 25.8 Å². The summed E-state index contributed by atoms with van der Waals surface area (Å²) in [4.78, 5) is 11.8. The minimum absolute atomic E-state index is 0.0809. The fraction of sp³-hybridized carbons (Fsp3) is 0.118. The number of furan rings is 1. The van der Waals surface area contributed by atoms with Crippen molar-refractivity contribution in [2.75, 3.05) is 0 Å². The summed E-state index contributed by atoms with van der Waals surface area (Å²) in [7, 11) is 0. The third-order valence-corrected chi connectivity index (χ3v) is 6.87. The van der Waals surface area contributed by atoms with E-state index < -0.39 is 5.97 Å². The molecule has 0 spiro atoms. The van der Waals surface area contributed by atoms with Crippen molar-refractivity contribution in [2.45, 2.75) is 18.6 Å². The molecule has 27 heavy (non-hydrogen) atoms. The van der Waals surface area contributed by atoms with Crippen LogP contribution in [0.4, 0.5) is 0 Å².